The molecule has 0 aliphatic carbocycles. The molecular weight excluding hydrogens is 222 g/mol. The fraction of sp³-hybridized carbons (Fsp3) is 0.938. The second-order valence-electron chi connectivity index (χ2n) is 5.75. The van der Waals surface area contributed by atoms with E-state index in [-0.39, 0.29) is 0 Å². The smallest absolute Gasteiger partial charge is 0.223 e. The molecule has 1 atom stereocenters. The number of carbonyl (C=O) groups excluding carboxylic acids is 1. The Hall–Kier alpha value is -0.530. The molecule has 0 saturated carbocycles. The molecule has 1 heterocycles. The van der Waals surface area contributed by atoms with Crippen molar-refractivity contribution in [1.29, 1.82) is 0 Å². The molecule has 0 aromatic heterocycles. The lowest BCUT2D eigenvalue weighted by molar-refractivity contribution is -0.122. The number of hydrogen-bond donors (Lipinski definition) is 1. The Morgan fingerprint density at radius 1 is 0.944 bits per heavy atom. The van der Waals surface area contributed by atoms with Crippen LogP contribution in [0.2, 0.25) is 0 Å². The molecule has 2 nitrogen and oxygen atoms in total. The largest absolute Gasteiger partial charge is 0.356 e. The molecule has 1 amide bonds. The number of amides is 1. The van der Waals surface area contributed by atoms with Crippen molar-refractivity contribution in [3.8, 4) is 0 Å². The van der Waals surface area contributed by atoms with E-state index in [2.05, 4.69) is 12.2 Å². The van der Waals surface area contributed by atoms with E-state index in [1.165, 1.54) is 64.2 Å². The van der Waals surface area contributed by atoms with Gasteiger partial charge in [-0.25, -0.2) is 0 Å². The molecular formula is C16H31NO. The molecule has 18 heavy (non-hydrogen) atoms. The fourth-order valence-corrected chi connectivity index (χ4v) is 2.80. The number of rotatable bonds is 11. The first-order valence-corrected chi connectivity index (χ1v) is 8.12. The summed E-state index contributed by atoms with van der Waals surface area (Å²) in [5.74, 6) is 0.630. The van der Waals surface area contributed by atoms with Gasteiger partial charge in [0.25, 0.3) is 0 Å². The molecule has 1 saturated heterocycles. The monoisotopic (exact) mass is 253 g/mol. The fourth-order valence-electron chi connectivity index (χ4n) is 2.80. The molecule has 106 valence electrons. The van der Waals surface area contributed by atoms with E-state index in [0.29, 0.717) is 11.8 Å². The maximum atomic E-state index is 11.4. The van der Waals surface area contributed by atoms with Crippen LogP contribution >= 0.6 is 0 Å². The van der Waals surface area contributed by atoms with E-state index < -0.39 is 0 Å². The first kappa shape index (κ1) is 15.5. The second-order valence-corrected chi connectivity index (χ2v) is 5.75. The first-order valence-electron chi connectivity index (χ1n) is 8.12. The maximum Gasteiger partial charge on any atom is 0.223 e. The van der Waals surface area contributed by atoms with Crippen LogP contribution in [0.1, 0.15) is 84.0 Å². The summed E-state index contributed by atoms with van der Waals surface area (Å²) in [5.41, 5.74) is 0. The first-order chi connectivity index (χ1) is 8.84. The second kappa shape index (κ2) is 10.4. The lowest BCUT2D eigenvalue weighted by atomic mass is 9.99. The van der Waals surface area contributed by atoms with E-state index >= 15 is 0 Å². The van der Waals surface area contributed by atoms with E-state index in [0.717, 1.165) is 19.4 Å². The summed E-state index contributed by atoms with van der Waals surface area (Å²) in [6.07, 6.45) is 15.9. The Morgan fingerprint density at radius 3 is 2.00 bits per heavy atom. The van der Waals surface area contributed by atoms with Crippen LogP contribution in [-0.2, 0) is 4.79 Å². The van der Waals surface area contributed by atoms with Gasteiger partial charge in [-0.05, 0) is 12.8 Å². The highest BCUT2D eigenvalue weighted by Gasteiger charge is 2.22. The molecule has 0 aromatic carbocycles. The van der Waals surface area contributed by atoms with E-state index in [1.807, 2.05) is 0 Å². The standard InChI is InChI=1S/C16H31NO/c1-2-3-4-5-6-7-8-9-10-11-12-15-13-14-17-16(15)18/h15H,2-14H2,1H3,(H,17,18). The van der Waals surface area contributed by atoms with Crippen LogP contribution in [0, 0.1) is 5.92 Å². The normalized spacial score (nSPS) is 19.2. The molecule has 1 fully saturated rings. The van der Waals surface area contributed by atoms with Crippen LogP contribution in [-0.4, -0.2) is 12.5 Å². The molecule has 0 radical (unpaired) electrons. The predicted molar refractivity (Wildman–Crippen MR) is 77.6 cm³/mol. The highest BCUT2D eigenvalue weighted by atomic mass is 16.2. The van der Waals surface area contributed by atoms with Gasteiger partial charge < -0.3 is 5.32 Å². The highest BCUT2D eigenvalue weighted by Crippen LogP contribution is 2.18. The zero-order valence-electron chi connectivity index (χ0n) is 12.2. The van der Waals surface area contributed by atoms with Gasteiger partial charge in [0.1, 0.15) is 0 Å². The molecule has 0 bridgehead atoms. The Morgan fingerprint density at radius 2 is 1.50 bits per heavy atom. The molecule has 0 spiro atoms. The van der Waals surface area contributed by atoms with Crippen molar-refractivity contribution >= 4 is 5.91 Å². The summed E-state index contributed by atoms with van der Waals surface area (Å²) < 4.78 is 0. The zero-order chi connectivity index (χ0) is 13.1. The van der Waals surface area contributed by atoms with Gasteiger partial charge in [0.15, 0.2) is 0 Å². The van der Waals surface area contributed by atoms with Crippen LogP contribution in [0.3, 0.4) is 0 Å². The van der Waals surface area contributed by atoms with E-state index in [4.69, 9.17) is 0 Å². The summed E-state index contributed by atoms with van der Waals surface area (Å²) in [7, 11) is 0. The Bertz CT molecular complexity index is 215. The predicted octanol–water partition coefficient (Wildman–Crippen LogP) is 4.43. The SMILES string of the molecule is CCCCCCCCCCCCC1CCNC1=O. The van der Waals surface area contributed by atoms with Crippen LogP contribution in [0.15, 0.2) is 0 Å². The molecule has 1 aliphatic heterocycles. The third-order valence-corrected chi connectivity index (χ3v) is 4.07. The van der Waals surface area contributed by atoms with Gasteiger partial charge in [0.05, 0.1) is 0 Å². The number of unbranched alkanes of at least 4 members (excludes halogenated alkanes) is 9. The molecule has 2 heteroatoms. The van der Waals surface area contributed by atoms with Crippen molar-refractivity contribution < 1.29 is 4.79 Å². The van der Waals surface area contributed by atoms with Crippen LogP contribution in [0.25, 0.3) is 0 Å². The van der Waals surface area contributed by atoms with Gasteiger partial charge in [-0.1, -0.05) is 71.1 Å². The van der Waals surface area contributed by atoms with Crippen molar-refractivity contribution in [3.63, 3.8) is 0 Å². The molecule has 1 N–H and O–H groups in total. The quantitative estimate of drug-likeness (QED) is 0.542. The summed E-state index contributed by atoms with van der Waals surface area (Å²) in [5, 5.41) is 2.92. The lowest BCUT2D eigenvalue weighted by Crippen LogP contribution is -2.18. The molecule has 1 rings (SSSR count). The minimum Gasteiger partial charge on any atom is -0.356 e. The maximum absolute atomic E-state index is 11.4. The minimum absolute atomic E-state index is 0.297. The van der Waals surface area contributed by atoms with Crippen LogP contribution in [0.5, 0.6) is 0 Å². The third-order valence-electron chi connectivity index (χ3n) is 4.07. The van der Waals surface area contributed by atoms with Crippen molar-refractivity contribution in [2.24, 2.45) is 5.92 Å². The van der Waals surface area contributed by atoms with Crippen LogP contribution in [0.4, 0.5) is 0 Å². The molecule has 1 aliphatic rings. The third kappa shape index (κ3) is 7.03. The number of nitrogens with one attached hydrogen (secondary N) is 1. The summed E-state index contributed by atoms with van der Waals surface area (Å²) in [6, 6.07) is 0. The van der Waals surface area contributed by atoms with Gasteiger partial charge in [0, 0.05) is 12.5 Å². The zero-order valence-corrected chi connectivity index (χ0v) is 12.2. The number of hydrogen-bond acceptors (Lipinski definition) is 1. The lowest BCUT2D eigenvalue weighted by Gasteiger charge is -2.06. The van der Waals surface area contributed by atoms with E-state index in [1.54, 1.807) is 0 Å². The van der Waals surface area contributed by atoms with Gasteiger partial charge in [-0.2, -0.15) is 0 Å². The molecule has 1 unspecified atom stereocenters. The summed E-state index contributed by atoms with van der Waals surface area (Å²) >= 11 is 0. The van der Waals surface area contributed by atoms with Crippen molar-refractivity contribution in [2.75, 3.05) is 6.54 Å². The van der Waals surface area contributed by atoms with Gasteiger partial charge in [0.2, 0.25) is 5.91 Å². The van der Waals surface area contributed by atoms with E-state index in [9.17, 15) is 4.79 Å². The van der Waals surface area contributed by atoms with Gasteiger partial charge in [-0.3, -0.25) is 4.79 Å². The summed E-state index contributed by atoms with van der Waals surface area (Å²) in [4.78, 5) is 11.4. The Balaban J connectivity index is 1.77. The van der Waals surface area contributed by atoms with Crippen LogP contribution < -0.4 is 5.32 Å². The molecule has 0 aromatic rings. The minimum atomic E-state index is 0.297. The van der Waals surface area contributed by atoms with Gasteiger partial charge >= 0.3 is 0 Å². The van der Waals surface area contributed by atoms with Crippen molar-refractivity contribution in [2.45, 2.75) is 84.0 Å². The topological polar surface area (TPSA) is 29.1 Å². The Labute approximate surface area is 113 Å². The summed E-state index contributed by atoms with van der Waals surface area (Å²) in [6.45, 7) is 3.17. The Kier molecular flexibility index (Phi) is 8.97. The van der Waals surface area contributed by atoms with Crippen molar-refractivity contribution in [3.05, 3.63) is 0 Å². The number of carbonyl (C=O) groups is 1. The average Bonchev–Trinajstić information content (AvgIpc) is 2.77. The average molecular weight is 253 g/mol. The van der Waals surface area contributed by atoms with Crippen molar-refractivity contribution in [1.82, 2.24) is 5.32 Å². The van der Waals surface area contributed by atoms with Gasteiger partial charge in [-0.15, -0.1) is 0 Å². The highest BCUT2D eigenvalue weighted by molar-refractivity contribution is 5.80.